The van der Waals surface area contributed by atoms with Crippen LogP contribution in [0.15, 0.2) is 65.8 Å². The van der Waals surface area contributed by atoms with E-state index in [4.69, 9.17) is 0 Å². The molecule has 0 unspecified atom stereocenters. The number of hydrogen-bond donors (Lipinski definition) is 1. The molecule has 0 bridgehead atoms. The Morgan fingerprint density at radius 3 is 2.58 bits per heavy atom. The summed E-state index contributed by atoms with van der Waals surface area (Å²) >= 11 is 0. The van der Waals surface area contributed by atoms with Gasteiger partial charge in [0.05, 0.1) is 34.0 Å². The highest BCUT2D eigenvalue weighted by Crippen LogP contribution is 2.30. The van der Waals surface area contributed by atoms with Crippen molar-refractivity contribution in [3.05, 3.63) is 88.5 Å². The zero-order valence-corrected chi connectivity index (χ0v) is 16.0. The smallest absolute Gasteiger partial charge is 0.320 e. The van der Waals surface area contributed by atoms with E-state index in [1.807, 2.05) is 0 Å². The summed E-state index contributed by atoms with van der Waals surface area (Å²) in [6, 6.07) is 9.10. The normalized spacial score (nSPS) is 11.5. The minimum absolute atomic E-state index is 0.0155. The predicted molar refractivity (Wildman–Crippen MR) is 107 cm³/mol. The number of rotatable bonds is 3. The number of aromatic nitrogens is 4. The zero-order chi connectivity index (χ0) is 22.2. The molecule has 31 heavy (non-hydrogen) atoms. The van der Waals surface area contributed by atoms with Crippen molar-refractivity contribution in [2.45, 2.75) is 13.1 Å². The van der Waals surface area contributed by atoms with Crippen LogP contribution in [-0.2, 0) is 6.18 Å². The van der Waals surface area contributed by atoms with E-state index < -0.39 is 23.2 Å². The summed E-state index contributed by atoms with van der Waals surface area (Å²) in [7, 11) is 0. The molecule has 0 saturated carbocycles. The van der Waals surface area contributed by atoms with Gasteiger partial charge >= 0.3 is 6.18 Å². The lowest BCUT2D eigenvalue weighted by Crippen LogP contribution is -2.24. The highest BCUT2D eigenvalue weighted by Gasteiger charge is 2.30. The van der Waals surface area contributed by atoms with Gasteiger partial charge in [-0.3, -0.25) is 19.1 Å². The molecule has 2 heterocycles. The van der Waals surface area contributed by atoms with Gasteiger partial charge in [-0.1, -0.05) is 12.1 Å². The van der Waals surface area contributed by atoms with Crippen LogP contribution in [0.2, 0.25) is 0 Å². The zero-order valence-electron chi connectivity index (χ0n) is 16.0. The summed E-state index contributed by atoms with van der Waals surface area (Å²) in [6.45, 7) is 1.52. The van der Waals surface area contributed by atoms with Crippen molar-refractivity contribution in [2.24, 2.45) is 0 Å². The van der Waals surface area contributed by atoms with E-state index in [2.05, 4.69) is 20.3 Å². The second-order valence-corrected chi connectivity index (χ2v) is 6.59. The monoisotopic (exact) mass is 425 g/mol. The van der Waals surface area contributed by atoms with E-state index in [0.717, 1.165) is 16.7 Å². The van der Waals surface area contributed by atoms with Gasteiger partial charge in [-0.2, -0.15) is 13.2 Å². The average Bonchev–Trinajstić information content (AvgIpc) is 2.74. The van der Waals surface area contributed by atoms with E-state index in [-0.39, 0.29) is 28.3 Å². The number of benzene rings is 2. The lowest BCUT2D eigenvalue weighted by molar-refractivity contribution is -0.137. The molecule has 7 nitrogen and oxygen atoms in total. The molecule has 156 valence electrons. The number of carbonyl (C=O) groups excluding carboxylic acids is 1. The van der Waals surface area contributed by atoms with Crippen molar-refractivity contribution < 1.29 is 18.0 Å². The number of amides is 1. The van der Waals surface area contributed by atoms with Crippen molar-refractivity contribution in [2.75, 3.05) is 5.32 Å². The predicted octanol–water partition coefficient (Wildman–Crippen LogP) is 3.76. The molecule has 0 spiro atoms. The van der Waals surface area contributed by atoms with Gasteiger partial charge in [-0.05, 0) is 37.3 Å². The number of halogens is 3. The Morgan fingerprint density at radius 1 is 1.10 bits per heavy atom. The largest absolute Gasteiger partial charge is 0.416 e. The summed E-state index contributed by atoms with van der Waals surface area (Å²) in [5.41, 5.74) is -0.994. The number of anilines is 1. The molecule has 10 heteroatoms. The molecule has 1 amide bonds. The number of nitrogens with zero attached hydrogens (tertiary/aromatic N) is 4. The van der Waals surface area contributed by atoms with E-state index >= 15 is 0 Å². The van der Waals surface area contributed by atoms with Crippen molar-refractivity contribution in [1.29, 1.82) is 0 Å². The van der Waals surface area contributed by atoms with E-state index in [1.54, 1.807) is 12.1 Å². The fourth-order valence-corrected chi connectivity index (χ4v) is 3.17. The first kappa shape index (κ1) is 20.2. The van der Waals surface area contributed by atoms with Gasteiger partial charge in [0, 0.05) is 12.4 Å². The minimum Gasteiger partial charge on any atom is -0.320 e. The summed E-state index contributed by atoms with van der Waals surface area (Å²) in [5, 5.41) is 2.66. The molecule has 0 fully saturated rings. The molecular formula is C21H14F3N5O2. The summed E-state index contributed by atoms with van der Waals surface area (Å²) in [4.78, 5) is 37.9. The Morgan fingerprint density at radius 2 is 1.87 bits per heavy atom. The highest BCUT2D eigenvalue weighted by molar-refractivity contribution is 6.07. The molecule has 0 aliphatic rings. The third-order valence-corrected chi connectivity index (χ3v) is 4.54. The lowest BCUT2D eigenvalue weighted by atomic mass is 10.1. The quantitative estimate of drug-likeness (QED) is 0.540. The number of alkyl halides is 3. The van der Waals surface area contributed by atoms with E-state index in [9.17, 15) is 22.8 Å². The maximum absolute atomic E-state index is 13.3. The molecule has 0 atom stereocenters. The van der Waals surface area contributed by atoms with Crippen LogP contribution in [0.25, 0.3) is 16.6 Å². The SMILES string of the molecule is Cc1nc2cccc(NC(=O)c3cnccn3)c2c(=O)n1-c1cccc(C(F)(F)F)c1. The topological polar surface area (TPSA) is 89.8 Å². The fraction of sp³-hybridized carbons (Fsp3) is 0.0952. The van der Waals surface area contributed by atoms with Crippen LogP contribution >= 0.6 is 0 Å². The van der Waals surface area contributed by atoms with Gasteiger partial charge < -0.3 is 5.32 Å². The molecular weight excluding hydrogens is 411 g/mol. The third kappa shape index (κ3) is 3.87. The second-order valence-electron chi connectivity index (χ2n) is 6.59. The molecule has 4 aromatic rings. The van der Waals surface area contributed by atoms with E-state index in [0.29, 0.717) is 5.52 Å². The van der Waals surface area contributed by atoms with E-state index in [1.165, 1.54) is 43.7 Å². The number of fused-ring (bicyclic) bond motifs is 1. The van der Waals surface area contributed by atoms with Gasteiger partial charge in [0.25, 0.3) is 11.5 Å². The van der Waals surface area contributed by atoms with Crippen LogP contribution in [0, 0.1) is 6.92 Å². The van der Waals surface area contributed by atoms with Crippen molar-refractivity contribution >= 4 is 22.5 Å². The van der Waals surface area contributed by atoms with Gasteiger partial charge in [-0.25, -0.2) is 9.97 Å². The van der Waals surface area contributed by atoms with Crippen LogP contribution in [0.1, 0.15) is 21.9 Å². The van der Waals surface area contributed by atoms with Crippen LogP contribution in [-0.4, -0.2) is 25.4 Å². The van der Waals surface area contributed by atoms with Gasteiger partial charge in [-0.15, -0.1) is 0 Å². The molecule has 0 radical (unpaired) electrons. The number of hydrogen-bond acceptors (Lipinski definition) is 5. The first-order valence-corrected chi connectivity index (χ1v) is 9.03. The number of nitrogens with one attached hydrogen (secondary N) is 1. The summed E-state index contributed by atoms with van der Waals surface area (Å²) in [5.74, 6) is -0.388. The second kappa shape index (κ2) is 7.63. The van der Waals surface area contributed by atoms with Crippen molar-refractivity contribution in [3.63, 3.8) is 0 Å². The van der Waals surface area contributed by atoms with Crippen LogP contribution in [0.3, 0.4) is 0 Å². The summed E-state index contributed by atoms with van der Waals surface area (Å²) in [6.07, 6.45) is -0.532. The Kier molecular flexibility index (Phi) is 4.97. The Hall–Kier alpha value is -4.08. The molecule has 4 rings (SSSR count). The van der Waals surface area contributed by atoms with Crippen LogP contribution < -0.4 is 10.9 Å². The molecule has 0 saturated heterocycles. The van der Waals surface area contributed by atoms with Crippen LogP contribution in [0.5, 0.6) is 0 Å². The first-order chi connectivity index (χ1) is 14.8. The highest BCUT2D eigenvalue weighted by atomic mass is 19.4. The molecule has 1 N–H and O–H groups in total. The maximum Gasteiger partial charge on any atom is 0.416 e. The molecule has 2 aromatic carbocycles. The first-order valence-electron chi connectivity index (χ1n) is 9.03. The third-order valence-electron chi connectivity index (χ3n) is 4.54. The summed E-state index contributed by atoms with van der Waals surface area (Å²) < 4.78 is 40.5. The number of aryl methyl sites for hydroxylation is 1. The van der Waals surface area contributed by atoms with Gasteiger partial charge in [0.2, 0.25) is 0 Å². The Labute approximate surface area is 173 Å². The number of carbonyl (C=O) groups is 1. The standard InChI is InChI=1S/C21H14F3N5O2/c1-12-27-15-6-3-7-16(28-19(30)17-11-25-8-9-26-17)18(15)20(31)29(12)14-5-2-4-13(10-14)21(22,23)24/h2-11H,1H3,(H,28,30). The van der Waals surface area contributed by atoms with Crippen LogP contribution in [0.4, 0.5) is 18.9 Å². The molecule has 0 aliphatic carbocycles. The minimum atomic E-state index is -4.56. The van der Waals surface area contributed by atoms with Gasteiger partial charge in [0.15, 0.2) is 0 Å². The Balaban J connectivity index is 1.87. The molecule has 2 aromatic heterocycles. The fourth-order valence-electron chi connectivity index (χ4n) is 3.17. The molecule has 0 aliphatic heterocycles. The Bertz CT molecular complexity index is 1350. The van der Waals surface area contributed by atoms with Crippen molar-refractivity contribution in [1.82, 2.24) is 19.5 Å². The maximum atomic E-state index is 13.3. The lowest BCUT2D eigenvalue weighted by Gasteiger charge is -2.15. The average molecular weight is 425 g/mol. The van der Waals surface area contributed by atoms with Crippen molar-refractivity contribution in [3.8, 4) is 5.69 Å². The van der Waals surface area contributed by atoms with Gasteiger partial charge in [0.1, 0.15) is 11.5 Å².